The molecule has 2 rings (SSSR count). The molecule has 2 heterocycles. The molecule has 3 nitrogen and oxygen atoms in total. The summed E-state index contributed by atoms with van der Waals surface area (Å²) in [7, 11) is 0. The molecule has 0 amide bonds. The van der Waals surface area contributed by atoms with E-state index in [2.05, 4.69) is 0 Å². The third-order valence-electron chi connectivity index (χ3n) is 2.20. The maximum absolute atomic E-state index is 10.8. The molecule has 2 aromatic rings. The Kier molecular flexibility index (Phi) is 2.87. The summed E-state index contributed by atoms with van der Waals surface area (Å²) in [6.07, 6.45) is 4.87. The minimum atomic E-state index is -0.841. The van der Waals surface area contributed by atoms with Crippen LogP contribution >= 0.6 is 11.3 Å². The Morgan fingerprint density at radius 3 is 2.93 bits per heavy atom. The van der Waals surface area contributed by atoms with Gasteiger partial charge in [0.05, 0.1) is 12.5 Å². The summed E-state index contributed by atoms with van der Waals surface area (Å²) in [5.74, 6) is -0.841. The molecule has 1 N–H and O–H groups in total. The topological polar surface area (TPSA) is 50.4 Å². The second-order valence-electron chi connectivity index (χ2n) is 3.21. The molecule has 0 radical (unpaired) electrons. The first kappa shape index (κ1) is 9.98. The number of rotatable bonds is 4. The molecule has 78 valence electrons. The van der Waals surface area contributed by atoms with Crippen molar-refractivity contribution >= 4 is 17.3 Å². The van der Waals surface area contributed by atoms with Gasteiger partial charge in [-0.05, 0) is 41.5 Å². The molecule has 0 aliphatic carbocycles. The number of aryl methyl sites for hydroxylation is 2. The molecule has 0 saturated heterocycles. The minimum Gasteiger partial charge on any atom is -0.477 e. The fourth-order valence-electron chi connectivity index (χ4n) is 1.43. The predicted molar refractivity (Wildman–Crippen MR) is 57.4 cm³/mol. The molecule has 15 heavy (non-hydrogen) atoms. The molecule has 4 heteroatoms. The second kappa shape index (κ2) is 4.31. The highest BCUT2D eigenvalue weighted by molar-refractivity contribution is 7.12. The van der Waals surface area contributed by atoms with Crippen LogP contribution in [0.3, 0.4) is 0 Å². The number of aromatic carboxylic acids is 1. The molecule has 0 spiro atoms. The lowest BCUT2D eigenvalue weighted by Crippen LogP contribution is -1.98. The van der Waals surface area contributed by atoms with E-state index in [-0.39, 0.29) is 0 Å². The summed E-state index contributed by atoms with van der Waals surface area (Å²) in [5, 5.41) is 10.7. The zero-order valence-electron chi connectivity index (χ0n) is 7.97. The fraction of sp³-hybridized carbons (Fsp3) is 0.182. The monoisotopic (exact) mass is 222 g/mol. The van der Waals surface area contributed by atoms with E-state index >= 15 is 0 Å². The van der Waals surface area contributed by atoms with Crippen molar-refractivity contribution in [3.05, 3.63) is 46.0 Å². The predicted octanol–water partition coefficient (Wildman–Crippen LogP) is 2.82. The molecule has 0 unspecified atom stereocenters. The van der Waals surface area contributed by atoms with Gasteiger partial charge in [-0.15, -0.1) is 11.3 Å². The maximum atomic E-state index is 10.8. The van der Waals surface area contributed by atoms with Gasteiger partial charge in [-0.1, -0.05) is 0 Å². The first-order valence-electron chi connectivity index (χ1n) is 4.58. The molecule has 0 bridgehead atoms. The van der Waals surface area contributed by atoms with E-state index in [9.17, 15) is 4.79 Å². The summed E-state index contributed by atoms with van der Waals surface area (Å²) < 4.78 is 4.95. The number of carboxylic acids is 1. The number of carbonyl (C=O) groups is 1. The number of thiophene rings is 1. The number of hydrogen-bond acceptors (Lipinski definition) is 3. The van der Waals surface area contributed by atoms with E-state index in [1.54, 1.807) is 12.5 Å². The van der Waals surface area contributed by atoms with Gasteiger partial charge in [-0.3, -0.25) is 0 Å². The highest BCUT2D eigenvalue weighted by Gasteiger charge is 2.11. The summed E-state index contributed by atoms with van der Waals surface area (Å²) >= 11 is 1.27. The van der Waals surface area contributed by atoms with Crippen molar-refractivity contribution in [1.82, 2.24) is 0 Å². The lowest BCUT2D eigenvalue weighted by atomic mass is 10.1. The van der Waals surface area contributed by atoms with Crippen molar-refractivity contribution < 1.29 is 14.3 Å². The number of furan rings is 1. The minimum absolute atomic E-state index is 0.443. The van der Waals surface area contributed by atoms with E-state index in [1.807, 2.05) is 17.5 Å². The van der Waals surface area contributed by atoms with Gasteiger partial charge >= 0.3 is 5.97 Å². The lowest BCUT2D eigenvalue weighted by Gasteiger charge is -1.98. The van der Waals surface area contributed by atoms with E-state index < -0.39 is 5.97 Å². The van der Waals surface area contributed by atoms with Crippen LogP contribution < -0.4 is 0 Å². The van der Waals surface area contributed by atoms with Gasteiger partial charge in [0.25, 0.3) is 0 Å². The van der Waals surface area contributed by atoms with Crippen molar-refractivity contribution in [2.45, 2.75) is 12.8 Å². The first-order valence-corrected chi connectivity index (χ1v) is 5.46. The Bertz CT molecular complexity index is 442. The largest absolute Gasteiger partial charge is 0.477 e. The molecule has 0 aliphatic heterocycles. The van der Waals surface area contributed by atoms with Gasteiger partial charge in [0, 0.05) is 0 Å². The van der Waals surface area contributed by atoms with Crippen LogP contribution in [-0.2, 0) is 12.8 Å². The fourth-order valence-corrected chi connectivity index (χ4v) is 2.22. The molecular formula is C11H10O3S. The Morgan fingerprint density at radius 1 is 1.40 bits per heavy atom. The SMILES string of the molecule is O=C(O)c1sccc1CCc1ccoc1. The lowest BCUT2D eigenvalue weighted by molar-refractivity contribution is 0.0701. The highest BCUT2D eigenvalue weighted by Crippen LogP contribution is 2.18. The second-order valence-corrected chi connectivity index (χ2v) is 4.13. The van der Waals surface area contributed by atoms with Crippen LogP contribution in [0.15, 0.2) is 34.5 Å². The third kappa shape index (κ3) is 2.27. The molecular weight excluding hydrogens is 212 g/mol. The van der Waals surface area contributed by atoms with Crippen LogP contribution in [0.1, 0.15) is 20.8 Å². The van der Waals surface area contributed by atoms with Crippen molar-refractivity contribution in [3.8, 4) is 0 Å². The Morgan fingerprint density at radius 2 is 2.27 bits per heavy atom. The van der Waals surface area contributed by atoms with Crippen LogP contribution in [0.5, 0.6) is 0 Å². The molecule has 2 aromatic heterocycles. The maximum Gasteiger partial charge on any atom is 0.346 e. The smallest absolute Gasteiger partial charge is 0.346 e. The standard InChI is InChI=1S/C11H10O3S/c12-11(13)10-9(4-6-15-10)2-1-8-3-5-14-7-8/h3-7H,1-2H2,(H,12,13). The van der Waals surface area contributed by atoms with E-state index in [0.717, 1.165) is 24.0 Å². The Labute approximate surface area is 91.0 Å². The Hall–Kier alpha value is -1.55. The van der Waals surface area contributed by atoms with Crippen LogP contribution in [0, 0.1) is 0 Å². The van der Waals surface area contributed by atoms with Gasteiger partial charge < -0.3 is 9.52 Å². The summed E-state index contributed by atoms with van der Waals surface area (Å²) in [6.45, 7) is 0. The molecule has 0 atom stereocenters. The van der Waals surface area contributed by atoms with E-state index in [0.29, 0.717) is 4.88 Å². The first-order chi connectivity index (χ1) is 7.27. The third-order valence-corrected chi connectivity index (χ3v) is 3.15. The van der Waals surface area contributed by atoms with Crippen molar-refractivity contribution in [1.29, 1.82) is 0 Å². The zero-order chi connectivity index (χ0) is 10.7. The van der Waals surface area contributed by atoms with E-state index in [1.165, 1.54) is 11.3 Å². The average Bonchev–Trinajstić information content (AvgIpc) is 2.86. The Balaban J connectivity index is 2.05. The van der Waals surface area contributed by atoms with Crippen LogP contribution in [0.25, 0.3) is 0 Å². The molecule has 0 aromatic carbocycles. The average molecular weight is 222 g/mol. The van der Waals surface area contributed by atoms with Crippen molar-refractivity contribution in [2.75, 3.05) is 0 Å². The van der Waals surface area contributed by atoms with Crippen LogP contribution in [-0.4, -0.2) is 11.1 Å². The quantitative estimate of drug-likeness (QED) is 0.865. The molecule has 0 fully saturated rings. The summed E-state index contributed by atoms with van der Waals surface area (Å²) in [4.78, 5) is 11.3. The summed E-state index contributed by atoms with van der Waals surface area (Å²) in [5.41, 5.74) is 1.99. The van der Waals surface area contributed by atoms with Crippen LogP contribution in [0.4, 0.5) is 0 Å². The zero-order valence-corrected chi connectivity index (χ0v) is 8.79. The van der Waals surface area contributed by atoms with Gasteiger partial charge in [-0.25, -0.2) is 4.79 Å². The van der Waals surface area contributed by atoms with Gasteiger partial charge in [0.2, 0.25) is 0 Å². The van der Waals surface area contributed by atoms with Gasteiger partial charge in [-0.2, -0.15) is 0 Å². The highest BCUT2D eigenvalue weighted by atomic mass is 32.1. The van der Waals surface area contributed by atoms with Crippen molar-refractivity contribution in [2.24, 2.45) is 0 Å². The number of hydrogen-bond donors (Lipinski definition) is 1. The molecule has 0 saturated carbocycles. The van der Waals surface area contributed by atoms with Gasteiger partial charge in [0.1, 0.15) is 4.88 Å². The van der Waals surface area contributed by atoms with Gasteiger partial charge in [0.15, 0.2) is 0 Å². The van der Waals surface area contributed by atoms with Crippen LogP contribution in [0.2, 0.25) is 0 Å². The van der Waals surface area contributed by atoms with E-state index in [4.69, 9.17) is 9.52 Å². The normalized spacial score (nSPS) is 10.4. The summed E-state index contributed by atoms with van der Waals surface area (Å²) in [6, 6.07) is 3.76. The number of carboxylic acid groups (broad SMARTS) is 1. The van der Waals surface area contributed by atoms with Crippen molar-refractivity contribution in [3.63, 3.8) is 0 Å². The molecule has 0 aliphatic rings.